The molecular weight excluding hydrogens is 552 g/mol. The van der Waals surface area contributed by atoms with E-state index in [-0.39, 0.29) is 5.91 Å². The number of halogens is 1. The highest BCUT2D eigenvalue weighted by atomic mass is 79.9. The topological polar surface area (TPSA) is 66.3 Å². The first-order valence-corrected chi connectivity index (χ1v) is 14.2. The van der Waals surface area contributed by atoms with Gasteiger partial charge >= 0.3 is 0 Å². The minimum absolute atomic E-state index is 0.0312. The Balaban J connectivity index is 1.04. The average molecular weight is 584 g/mol. The first-order chi connectivity index (χ1) is 19.1. The van der Waals surface area contributed by atoms with Crippen LogP contribution in [0.5, 0.6) is 0 Å². The Morgan fingerprint density at radius 2 is 1.67 bits per heavy atom. The fourth-order valence-corrected chi connectivity index (χ4v) is 5.55. The summed E-state index contributed by atoms with van der Waals surface area (Å²) < 4.78 is 3.17. The number of anilines is 1. The van der Waals surface area contributed by atoms with Gasteiger partial charge in [-0.05, 0) is 47.9 Å². The first kappa shape index (κ1) is 25.7. The molecule has 0 atom stereocenters. The summed E-state index contributed by atoms with van der Waals surface area (Å²) in [7, 11) is 0. The van der Waals surface area contributed by atoms with E-state index < -0.39 is 0 Å². The van der Waals surface area contributed by atoms with E-state index in [1.807, 2.05) is 36.4 Å². The molecule has 198 valence electrons. The standard InChI is InChI=1S/C31H31BrN6O/c32-26-11-8-24(9-12-26)31-35-34-29-15-10-25-21-27(13-14-28(25)38(29)31)33-30(39)22-37-19-17-36(18-20-37)16-4-7-23-5-2-1-3-6-23/h1-9,11-14,21H,10,15-20,22H2,(H,33,39)/b7-4+. The van der Waals surface area contributed by atoms with Crippen molar-refractivity contribution in [2.45, 2.75) is 12.8 Å². The third-order valence-electron chi connectivity index (χ3n) is 7.36. The van der Waals surface area contributed by atoms with Crippen LogP contribution < -0.4 is 5.32 Å². The van der Waals surface area contributed by atoms with Gasteiger partial charge < -0.3 is 5.32 Å². The summed E-state index contributed by atoms with van der Waals surface area (Å²) in [4.78, 5) is 17.5. The molecule has 2 aliphatic rings. The summed E-state index contributed by atoms with van der Waals surface area (Å²) in [6.07, 6.45) is 6.08. The highest BCUT2D eigenvalue weighted by Gasteiger charge is 2.23. The third kappa shape index (κ3) is 6.03. The van der Waals surface area contributed by atoms with Crippen molar-refractivity contribution in [1.82, 2.24) is 24.6 Å². The van der Waals surface area contributed by atoms with Crippen LogP contribution in [0.15, 0.2) is 83.3 Å². The lowest BCUT2D eigenvalue weighted by Gasteiger charge is -2.33. The second kappa shape index (κ2) is 11.7. The van der Waals surface area contributed by atoms with Crippen molar-refractivity contribution in [2.24, 2.45) is 0 Å². The second-order valence-corrected chi connectivity index (χ2v) is 11.0. The molecule has 7 nitrogen and oxygen atoms in total. The van der Waals surface area contributed by atoms with Crippen molar-refractivity contribution in [3.05, 3.63) is 100 Å². The van der Waals surface area contributed by atoms with Crippen LogP contribution in [0.3, 0.4) is 0 Å². The number of carbonyl (C=O) groups excluding carboxylic acids is 1. The van der Waals surface area contributed by atoms with Gasteiger partial charge in [0.25, 0.3) is 0 Å². The van der Waals surface area contributed by atoms with Gasteiger partial charge in [-0.25, -0.2) is 0 Å². The molecule has 0 saturated carbocycles. The minimum atomic E-state index is 0.0312. The van der Waals surface area contributed by atoms with E-state index in [9.17, 15) is 4.79 Å². The Hall–Kier alpha value is -3.59. The molecule has 1 saturated heterocycles. The molecule has 1 N–H and O–H groups in total. The fourth-order valence-electron chi connectivity index (χ4n) is 5.28. The number of benzene rings is 3. The first-order valence-electron chi connectivity index (χ1n) is 13.4. The molecule has 3 heterocycles. The van der Waals surface area contributed by atoms with Gasteiger partial charge in [-0.2, -0.15) is 0 Å². The van der Waals surface area contributed by atoms with Crippen LogP contribution in [0.2, 0.25) is 0 Å². The number of carbonyl (C=O) groups is 1. The quantitative estimate of drug-likeness (QED) is 0.330. The molecular formula is C31H31BrN6O. The van der Waals surface area contributed by atoms with Crippen molar-refractivity contribution in [2.75, 3.05) is 44.6 Å². The van der Waals surface area contributed by atoms with Crippen LogP contribution in [0.1, 0.15) is 17.0 Å². The van der Waals surface area contributed by atoms with Gasteiger partial charge in [0.15, 0.2) is 5.82 Å². The van der Waals surface area contributed by atoms with Crippen molar-refractivity contribution in [3.63, 3.8) is 0 Å². The van der Waals surface area contributed by atoms with Crippen molar-refractivity contribution in [1.29, 1.82) is 0 Å². The summed E-state index contributed by atoms with van der Waals surface area (Å²) in [5.41, 5.74) is 5.35. The molecule has 0 spiro atoms. The molecule has 1 fully saturated rings. The summed E-state index contributed by atoms with van der Waals surface area (Å²) in [5.74, 6) is 1.83. The average Bonchev–Trinajstić information content (AvgIpc) is 3.39. The fraction of sp³-hybridized carbons (Fsp3) is 0.258. The Kier molecular flexibility index (Phi) is 7.67. The van der Waals surface area contributed by atoms with Gasteiger partial charge in [0, 0.05) is 54.9 Å². The number of aryl methyl sites for hydroxylation is 2. The van der Waals surface area contributed by atoms with Crippen LogP contribution in [0, 0.1) is 0 Å². The van der Waals surface area contributed by atoms with Gasteiger partial charge in [0.2, 0.25) is 5.91 Å². The zero-order valence-electron chi connectivity index (χ0n) is 21.8. The smallest absolute Gasteiger partial charge is 0.238 e. The van der Waals surface area contributed by atoms with E-state index in [1.54, 1.807) is 0 Å². The number of nitrogens with one attached hydrogen (secondary N) is 1. The summed E-state index contributed by atoms with van der Waals surface area (Å²) in [6, 6.07) is 24.7. The number of hydrogen-bond acceptors (Lipinski definition) is 5. The Bertz CT molecular complexity index is 1470. The van der Waals surface area contributed by atoms with Crippen molar-refractivity contribution in [3.8, 4) is 17.1 Å². The van der Waals surface area contributed by atoms with Crippen molar-refractivity contribution >= 4 is 33.6 Å². The largest absolute Gasteiger partial charge is 0.325 e. The highest BCUT2D eigenvalue weighted by Crippen LogP contribution is 2.31. The van der Waals surface area contributed by atoms with Gasteiger partial charge in [-0.3, -0.25) is 19.2 Å². The highest BCUT2D eigenvalue weighted by molar-refractivity contribution is 9.10. The number of hydrogen-bond donors (Lipinski definition) is 1. The molecule has 0 unspecified atom stereocenters. The second-order valence-electron chi connectivity index (χ2n) is 10.1. The molecule has 2 aliphatic heterocycles. The van der Waals surface area contributed by atoms with Crippen LogP contribution in [-0.4, -0.2) is 69.7 Å². The number of rotatable bonds is 7. The summed E-state index contributed by atoms with van der Waals surface area (Å²) >= 11 is 3.50. The molecule has 0 bridgehead atoms. The number of aromatic nitrogens is 3. The third-order valence-corrected chi connectivity index (χ3v) is 7.89. The number of amides is 1. The zero-order chi connectivity index (χ0) is 26.6. The summed E-state index contributed by atoms with van der Waals surface area (Å²) in [5, 5.41) is 12.1. The Labute approximate surface area is 237 Å². The number of piperazine rings is 1. The normalized spacial score (nSPS) is 15.7. The predicted octanol–water partition coefficient (Wildman–Crippen LogP) is 5.06. The molecule has 0 radical (unpaired) electrons. The number of nitrogens with zero attached hydrogens (tertiary/aromatic N) is 5. The number of fused-ring (bicyclic) bond motifs is 3. The maximum Gasteiger partial charge on any atom is 0.238 e. The monoisotopic (exact) mass is 582 g/mol. The molecule has 6 rings (SSSR count). The SMILES string of the molecule is O=C(CN1CCN(C/C=C/c2ccccc2)CC1)Nc1ccc2c(c1)CCc1nnc(-c3ccc(Br)cc3)n1-2. The molecule has 8 heteroatoms. The van der Waals surface area contributed by atoms with E-state index in [2.05, 4.69) is 94.4 Å². The van der Waals surface area contributed by atoms with Crippen molar-refractivity contribution < 1.29 is 4.79 Å². The lowest BCUT2D eigenvalue weighted by molar-refractivity contribution is -0.117. The minimum Gasteiger partial charge on any atom is -0.325 e. The van der Waals surface area contributed by atoms with Crippen LogP contribution in [-0.2, 0) is 17.6 Å². The molecule has 4 aromatic rings. The van der Waals surface area contributed by atoms with E-state index in [1.165, 1.54) is 11.1 Å². The van der Waals surface area contributed by atoms with E-state index >= 15 is 0 Å². The Morgan fingerprint density at radius 1 is 0.897 bits per heavy atom. The van der Waals surface area contributed by atoms with Gasteiger partial charge in [0.1, 0.15) is 5.82 Å². The zero-order valence-corrected chi connectivity index (χ0v) is 23.3. The molecule has 1 amide bonds. The predicted molar refractivity (Wildman–Crippen MR) is 159 cm³/mol. The van der Waals surface area contributed by atoms with Crippen LogP contribution in [0.25, 0.3) is 23.2 Å². The maximum atomic E-state index is 12.9. The molecule has 39 heavy (non-hydrogen) atoms. The molecule has 1 aromatic heterocycles. The Morgan fingerprint density at radius 3 is 2.46 bits per heavy atom. The van der Waals surface area contributed by atoms with Gasteiger partial charge in [-0.1, -0.05) is 70.5 Å². The van der Waals surface area contributed by atoms with E-state index in [0.717, 1.165) is 78.6 Å². The summed E-state index contributed by atoms with van der Waals surface area (Å²) in [6.45, 7) is 5.06. The lowest BCUT2D eigenvalue weighted by atomic mass is 10.0. The van der Waals surface area contributed by atoms with E-state index in [4.69, 9.17) is 0 Å². The van der Waals surface area contributed by atoms with Crippen LogP contribution in [0.4, 0.5) is 5.69 Å². The lowest BCUT2D eigenvalue weighted by Crippen LogP contribution is -2.48. The molecule has 3 aromatic carbocycles. The van der Waals surface area contributed by atoms with Crippen LogP contribution >= 0.6 is 15.9 Å². The molecule has 0 aliphatic carbocycles. The van der Waals surface area contributed by atoms with Gasteiger partial charge in [-0.15, -0.1) is 10.2 Å². The maximum absolute atomic E-state index is 12.9. The van der Waals surface area contributed by atoms with E-state index in [0.29, 0.717) is 6.54 Å². The van der Waals surface area contributed by atoms with Gasteiger partial charge in [0.05, 0.1) is 12.2 Å².